The summed E-state index contributed by atoms with van der Waals surface area (Å²) in [5.41, 5.74) is 0. The molecule has 0 saturated carbocycles. The molecule has 0 aromatic heterocycles. The maximum absolute atomic E-state index is 3.42. The predicted octanol–water partition coefficient (Wildman–Crippen LogP) is 2.46. The maximum atomic E-state index is 3.42. The zero-order valence-electron chi connectivity index (χ0n) is 7.48. The Balaban J connectivity index is 2.80. The van der Waals surface area contributed by atoms with Crippen LogP contribution >= 0.6 is 27.7 Å². The summed E-state index contributed by atoms with van der Waals surface area (Å²) in [5.74, 6) is 2.59. The van der Waals surface area contributed by atoms with Gasteiger partial charge in [0.2, 0.25) is 0 Å². The molecule has 0 atom stereocenters. The lowest BCUT2D eigenvalue weighted by Gasteiger charge is -2.07. The first kappa shape index (κ1) is 11.8. The van der Waals surface area contributed by atoms with Gasteiger partial charge in [0, 0.05) is 17.6 Å². The molecule has 11 heavy (non-hydrogen) atoms. The largest absolute Gasteiger partial charge is 0.309 e. The number of unbranched alkanes of at least 4 members (excludes halogenated alkanes) is 1. The number of alkyl halides is 1. The van der Waals surface area contributed by atoms with Crippen LogP contribution in [-0.4, -0.2) is 42.4 Å². The molecule has 0 unspecified atom stereocenters. The fourth-order valence-corrected chi connectivity index (χ4v) is 2.15. The average Bonchev–Trinajstić information content (AvgIpc) is 1.96. The van der Waals surface area contributed by atoms with E-state index < -0.39 is 0 Å². The SMILES string of the molecule is CN(C)CCSCCCCBr. The van der Waals surface area contributed by atoms with E-state index in [1.54, 1.807) is 0 Å². The zero-order valence-corrected chi connectivity index (χ0v) is 9.88. The van der Waals surface area contributed by atoms with Crippen LogP contribution in [0.25, 0.3) is 0 Å². The van der Waals surface area contributed by atoms with Gasteiger partial charge in [-0.1, -0.05) is 15.9 Å². The van der Waals surface area contributed by atoms with Crippen molar-refractivity contribution in [3.05, 3.63) is 0 Å². The fraction of sp³-hybridized carbons (Fsp3) is 1.00. The Hall–Kier alpha value is 0.790. The van der Waals surface area contributed by atoms with Crippen LogP contribution in [0.5, 0.6) is 0 Å². The lowest BCUT2D eigenvalue weighted by atomic mass is 10.4. The quantitative estimate of drug-likeness (QED) is 0.496. The van der Waals surface area contributed by atoms with Gasteiger partial charge in [0.05, 0.1) is 0 Å². The zero-order chi connectivity index (χ0) is 8.53. The molecule has 1 nitrogen and oxygen atoms in total. The van der Waals surface area contributed by atoms with Gasteiger partial charge < -0.3 is 4.90 Å². The molecule has 0 aliphatic rings. The third kappa shape index (κ3) is 10.8. The second kappa shape index (κ2) is 8.88. The Labute approximate surface area is 83.0 Å². The minimum absolute atomic E-state index is 1.15. The molecular formula is C8H18BrNS. The lowest BCUT2D eigenvalue weighted by molar-refractivity contribution is 0.437. The van der Waals surface area contributed by atoms with E-state index in [1.165, 1.54) is 30.9 Å². The predicted molar refractivity (Wildman–Crippen MR) is 58.9 cm³/mol. The summed E-state index contributed by atoms with van der Waals surface area (Å²) >= 11 is 5.48. The Morgan fingerprint density at radius 3 is 2.45 bits per heavy atom. The van der Waals surface area contributed by atoms with Gasteiger partial charge in [-0.25, -0.2) is 0 Å². The van der Waals surface area contributed by atoms with Crippen molar-refractivity contribution in [2.75, 3.05) is 37.5 Å². The van der Waals surface area contributed by atoms with Crippen LogP contribution < -0.4 is 0 Å². The molecule has 0 bridgehead atoms. The summed E-state index contributed by atoms with van der Waals surface area (Å²) in [6.07, 6.45) is 2.66. The Morgan fingerprint density at radius 1 is 1.18 bits per heavy atom. The van der Waals surface area contributed by atoms with E-state index in [9.17, 15) is 0 Å². The molecular weight excluding hydrogens is 222 g/mol. The smallest absolute Gasteiger partial charge is 0.00662 e. The monoisotopic (exact) mass is 239 g/mol. The number of hydrogen-bond acceptors (Lipinski definition) is 2. The summed E-state index contributed by atoms with van der Waals surface area (Å²) < 4.78 is 0. The number of nitrogens with zero attached hydrogens (tertiary/aromatic N) is 1. The van der Waals surface area contributed by atoms with Crippen LogP contribution in [0.15, 0.2) is 0 Å². The van der Waals surface area contributed by atoms with Gasteiger partial charge in [-0.15, -0.1) is 0 Å². The second-order valence-corrected chi connectivity index (χ2v) is 4.83. The van der Waals surface area contributed by atoms with E-state index in [0.717, 1.165) is 5.33 Å². The van der Waals surface area contributed by atoms with Gasteiger partial charge in [0.15, 0.2) is 0 Å². The van der Waals surface area contributed by atoms with Gasteiger partial charge in [0.25, 0.3) is 0 Å². The highest BCUT2D eigenvalue weighted by molar-refractivity contribution is 9.09. The summed E-state index contributed by atoms with van der Waals surface area (Å²) in [7, 11) is 4.25. The van der Waals surface area contributed by atoms with Crippen LogP contribution in [0.2, 0.25) is 0 Å². The minimum Gasteiger partial charge on any atom is -0.309 e. The van der Waals surface area contributed by atoms with Gasteiger partial charge in [-0.3, -0.25) is 0 Å². The number of thioether (sulfide) groups is 1. The molecule has 0 rings (SSSR count). The fourth-order valence-electron chi connectivity index (χ4n) is 0.648. The highest BCUT2D eigenvalue weighted by atomic mass is 79.9. The van der Waals surface area contributed by atoms with E-state index in [4.69, 9.17) is 0 Å². The van der Waals surface area contributed by atoms with Gasteiger partial charge in [-0.2, -0.15) is 11.8 Å². The molecule has 0 radical (unpaired) electrons. The van der Waals surface area contributed by atoms with Crippen molar-refractivity contribution in [2.24, 2.45) is 0 Å². The molecule has 0 aliphatic carbocycles. The molecule has 0 aromatic carbocycles. The molecule has 0 fully saturated rings. The topological polar surface area (TPSA) is 3.24 Å². The first-order chi connectivity index (χ1) is 5.27. The first-order valence-electron chi connectivity index (χ1n) is 4.06. The highest BCUT2D eigenvalue weighted by Crippen LogP contribution is 2.05. The molecule has 0 N–H and O–H groups in total. The van der Waals surface area contributed by atoms with Crippen molar-refractivity contribution >= 4 is 27.7 Å². The number of hydrogen-bond donors (Lipinski definition) is 0. The number of halogens is 1. The first-order valence-corrected chi connectivity index (χ1v) is 6.33. The third-order valence-electron chi connectivity index (χ3n) is 1.36. The van der Waals surface area contributed by atoms with E-state index in [1.807, 2.05) is 0 Å². The van der Waals surface area contributed by atoms with Crippen LogP contribution in [0.4, 0.5) is 0 Å². The third-order valence-corrected chi connectivity index (χ3v) is 2.96. The molecule has 0 amide bonds. The molecule has 68 valence electrons. The number of rotatable bonds is 7. The summed E-state index contributed by atoms with van der Waals surface area (Å²) in [6, 6.07) is 0. The van der Waals surface area contributed by atoms with Crippen LogP contribution in [0.3, 0.4) is 0 Å². The molecule has 0 aromatic rings. The van der Waals surface area contributed by atoms with E-state index in [2.05, 4.69) is 46.7 Å². The van der Waals surface area contributed by atoms with Crippen molar-refractivity contribution in [3.8, 4) is 0 Å². The average molecular weight is 240 g/mol. The highest BCUT2D eigenvalue weighted by Gasteiger charge is 1.91. The van der Waals surface area contributed by atoms with E-state index >= 15 is 0 Å². The van der Waals surface area contributed by atoms with Crippen molar-refractivity contribution in [1.29, 1.82) is 0 Å². The molecule has 0 heterocycles. The molecule has 3 heteroatoms. The van der Waals surface area contributed by atoms with Crippen molar-refractivity contribution < 1.29 is 0 Å². The van der Waals surface area contributed by atoms with Crippen molar-refractivity contribution in [3.63, 3.8) is 0 Å². The Bertz CT molecular complexity index is 78.5. The van der Waals surface area contributed by atoms with Crippen molar-refractivity contribution in [2.45, 2.75) is 12.8 Å². The molecule has 0 spiro atoms. The Morgan fingerprint density at radius 2 is 1.91 bits per heavy atom. The molecule has 0 saturated heterocycles. The molecule has 0 aliphatic heterocycles. The normalized spacial score (nSPS) is 10.9. The maximum Gasteiger partial charge on any atom is 0.00662 e. The standard InChI is InChI=1S/C8H18BrNS/c1-10(2)6-8-11-7-4-3-5-9/h3-8H2,1-2H3. The minimum atomic E-state index is 1.15. The van der Waals surface area contributed by atoms with Gasteiger partial charge in [0.1, 0.15) is 0 Å². The second-order valence-electron chi connectivity index (χ2n) is 2.81. The van der Waals surface area contributed by atoms with E-state index in [0.29, 0.717) is 0 Å². The summed E-state index contributed by atoms with van der Waals surface area (Å²) in [4.78, 5) is 2.23. The van der Waals surface area contributed by atoms with Gasteiger partial charge in [-0.05, 0) is 32.7 Å². The van der Waals surface area contributed by atoms with Crippen molar-refractivity contribution in [1.82, 2.24) is 4.90 Å². The lowest BCUT2D eigenvalue weighted by Crippen LogP contribution is -2.14. The van der Waals surface area contributed by atoms with Crippen LogP contribution in [0, 0.1) is 0 Å². The van der Waals surface area contributed by atoms with Crippen LogP contribution in [0.1, 0.15) is 12.8 Å². The van der Waals surface area contributed by atoms with Crippen LogP contribution in [-0.2, 0) is 0 Å². The van der Waals surface area contributed by atoms with E-state index in [-0.39, 0.29) is 0 Å². The summed E-state index contributed by atoms with van der Waals surface area (Å²) in [5, 5.41) is 1.15. The Kier molecular flexibility index (Phi) is 9.52. The summed E-state index contributed by atoms with van der Waals surface area (Å²) in [6.45, 7) is 1.21. The van der Waals surface area contributed by atoms with Gasteiger partial charge >= 0.3 is 0 Å².